The molecule has 1 amide bonds. The van der Waals surface area contributed by atoms with Crippen LogP contribution < -0.4 is 5.32 Å². The van der Waals surface area contributed by atoms with Crippen LogP contribution in [-0.4, -0.2) is 43.3 Å². The van der Waals surface area contributed by atoms with E-state index in [0.717, 1.165) is 0 Å². The Kier molecular flexibility index (Phi) is 4.61. The van der Waals surface area contributed by atoms with Crippen LogP contribution in [0.15, 0.2) is 0 Å². The summed E-state index contributed by atoms with van der Waals surface area (Å²) < 4.78 is 11.2. The molecule has 1 heterocycles. The van der Waals surface area contributed by atoms with Crippen LogP contribution >= 0.6 is 0 Å². The molecule has 7 heteroatoms. The van der Waals surface area contributed by atoms with E-state index in [-0.39, 0.29) is 22.4 Å². The van der Waals surface area contributed by atoms with Gasteiger partial charge in [-0.25, -0.2) is 4.98 Å². The van der Waals surface area contributed by atoms with Crippen molar-refractivity contribution in [3.05, 3.63) is 11.6 Å². The Bertz CT molecular complexity index is 450. The summed E-state index contributed by atoms with van der Waals surface area (Å²) in [6.07, 6.45) is 1.61. The van der Waals surface area contributed by atoms with Gasteiger partial charge in [-0.2, -0.15) is 0 Å². The van der Waals surface area contributed by atoms with Crippen molar-refractivity contribution in [2.75, 3.05) is 12.8 Å². The molecule has 1 aromatic rings. The van der Waals surface area contributed by atoms with E-state index in [1.807, 2.05) is 27.7 Å². The zero-order valence-corrected chi connectivity index (χ0v) is 12.2. The topological polar surface area (TPSA) is 87.7 Å². The summed E-state index contributed by atoms with van der Waals surface area (Å²) in [6, 6.07) is 0. The first-order valence-corrected chi connectivity index (χ1v) is 7.37. The van der Waals surface area contributed by atoms with Gasteiger partial charge in [0.15, 0.2) is 0 Å². The Balaban J connectivity index is 2.63. The number of hydrogen-bond acceptors (Lipinski definition) is 4. The van der Waals surface area contributed by atoms with Gasteiger partial charge in [0.1, 0.15) is 5.82 Å². The Morgan fingerprint density at radius 2 is 2.11 bits per heavy atom. The smallest absolute Gasteiger partial charge is 0.290 e. The van der Waals surface area contributed by atoms with Crippen LogP contribution in [0.3, 0.4) is 0 Å². The van der Waals surface area contributed by atoms with Crippen molar-refractivity contribution in [3.63, 3.8) is 0 Å². The predicted molar refractivity (Wildman–Crippen MR) is 70.9 cm³/mol. The van der Waals surface area contributed by atoms with Crippen molar-refractivity contribution in [1.82, 2.24) is 20.5 Å². The highest BCUT2D eigenvalue weighted by Gasteiger charge is 2.21. The van der Waals surface area contributed by atoms with E-state index >= 15 is 0 Å². The first kappa shape index (κ1) is 14.8. The molecule has 1 aromatic heterocycles. The highest BCUT2D eigenvalue weighted by atomic mass is 32.2. The molecule has 0 aliphatic heterocycles. The van der Waals surface area contributed by atoms with Gasteiger partial charge >= 0.3 is 0 Å². The van der Waals surface area contributed by atoms with Crippen LogP contribution in [0.5, 0.6) is 0 Å². The number of carbonyl (C=O) groups excluding carboxylic acids is 1. The van der Waals surface area contributed by atoms with Crippen molar-refractivity contribution in [2.45, 2.75) is 38.4 Å². The summed E-state index contributed by atoms with van der Waals surface area (Å²) >= 11 is 0. The number of hydrogen-bond donors (Lipinski definition) is 2. The van der Waals surface area contributed by atoms with Gasteiger partial charge in [-0.05, 0) is 6.92 Å². The zero-order valence-electron chi connectivity index (χ0n) is 11.4. The lowest BCUT2D eigenvalue weighted by molar-refractivity contribution is 0.0944. The molecule has 0 aliphatic carbocycles. The minimum Gasteiger partial charge on any atom is -0.348 e. The Morgan fingerprint density at radius 1 is 1.50 bits per heavy atom. The van der Waals surface area contributed by atoms with Gasteiger partial charge in [-0.1, -0.05) is 20.8 Å². The second kappa shape index (κ2) is 5.60. The van der Waals surface area contributed by atoms with Gasteiger partial charge < -0.3 is 5.32 Å². The molecule has 102 valence electrons. The molecule has 2 N–H and O–H groups in total. The van der Waals surface area contributed by atoms with Crippen molar-refractivity contribution in [1.29, 1.82) is 0 Å². The van der Waals surface area contributed by atoms with E-state index in [4.69, 9.17) is 0 Å². The normalized spacial score (nSPS) is 15.2. The molecule has 0 aliphatic rings. The average molecular weight is 272 g/mol. The molecule has 0 fully saturated rings. The number of aromatic amines is 1. The first-order chi connectivity index (χ1) is 8.21. The highest BCUT2D eigenvalue weighted by Crippen LogP contribution is 2.17. The second-order valence-electron chi connectivity index (χ2n) is 5.28. The third-order valence-electron chi connectivity index (χ3n) is 2.52. The van der Waals surface area contributed by atoms with Crippen molar-refractivity contribution in [2.24, 2.45) is 0 Å². The Hall–Kier alpha value is -1.24. The summed E-state index contributed by atoms with van der Waals surface area (Å²) in [5.41, 5.74) is -0.177. The van der Waals surface area contributed by atoms with Crippen LogP contribution in [0.2, 0.25) is 0 Å². The largest absolute Gasteiger partial charge is 0.348 e. The third-order valence-corrected chi connectivity index (χ3v) is 3.82. The van der Waals surface area contributed by atoms with Gasteiger partial charge in [-0.3, -0.25) is 14.1 Å². The molecule has 2 unspecified atom stereocenters. The molecule has 0 saturated heterocycles. The average Bonchev–Trinajstić information content (AvgIpc) is 2.73. The fourth-order valence-electron chi connectivity index (χ4n) is 1.13. The molecule has 0 saturated carbocycles. The molecule has 0 radical (unpaired) electrons. The summed E-state index contributed by atoms with van der Waals surface area (Å²) in [7, 11) is -0.955. The molecule has 0 aromatic carbocycles. The highest BCUT2D eigenvalue weighted by molar-refractivity contribution is 7.84. The van der Waals surface area contributed by atoms with Crippen LogP contribution in [0, 0.1) is 0 Å². The van der Waals surface area contributed by atoms with Gasteiger partial charge in [0.2, 0.25) is 5.82 Å². The van der Waals surface area contributed by atoms with Gasteiger partial charge in [0, 0.05) is 34.3 Å². The predicted octanol–water partition coefficient (Wildman–Crippen LogP) is 0.599. The van der Waals surface area contributed by atoms with Crippen molar-refractivity contribution >= 4 is 16.7 Å². The molecule has 2 atom stereocenters. The quantitative estimate of drug-likeness (QED) is 0.840. The number of aromatic nitrogens is 3. The van der Waals surface area contributed by atoms with Crippen molar-refractivity contribution < 1.29 is 9.00 Å². The maximum atomic E-state index is 11.8. The minimum atomic E-state index is -0.955. The van der Waals surface area contributed by atoms with Crippen LogP contribution in [0.1, 0.15) is 44.1 Å². The number of rotatable bonds is 4. The lowest BCUT2D eigenvalue weighted by atomic mass is 9.96. The SMILES string of the molecule is CC(CNC(=O)c1n[nH]c(C(C)(C)C)n1)S(C)=O. The summed E-state index contributed by atoms with van der Waals surface area (Å²) in [4.78, 5) is 15.9. The molecule has 18 heavy (non-hydrogen) atoms. The summed E-state index contributed by atoms with van der Waals surface area (Å²) in [6.45, 7) is 8.11. The fourth-order valence-corrected chi connectivity index (χ4v) is 1.45. The van der Waals surface area contributed by atoms with Crippen LogP contribution in [0.25, 0.3) is 0 Å². The van der Waals surface area contributed by atoms with Crippen LogP contribution in [0.4, 0.5) is 0 Å². The van der Waals surface area contributed by atoms with E-state index in [1.54, 1.807) is 6.26 Å². The monoisotopic (exact) mass is 272 g/mol. The number of H-pyrrole nitrogens is 1. The Labute approximate surface area is 109 Å². The lowest BCUT2D eigenvalue weighted by Crippen LogP contribution is -2.33. The van der Waals surface area contributed by atoms with E-state index in [0.29, 0.717) is 12.4 Å². The second-order valence-corrected chi connectivity index (χ2v) is 7.08. The van der Waals surface area contributed by atoms with Gasteiger partial charge in [0.05, 0.1) is 0 Å². The molecular formula is C11H20N4O2S. The number of nitrogens with one attached hydrogen (secondary N) is 2. The Morgan fingerprint density at radius 3 is 2.56 bits per heavy atom. The van der Waals surface area contributed by atoms with Crippen LogP contribution in [-0.2, 0) is 16.2 Å². The molecular weight excluding hydrogens is 252 g/mol. The first-order valence-electron chi connectivity index (χ1n) is 5.75. The van der Waals surface area contributed by atoms with E-state index in [2.05, 4.69) is 20.5 Å². The molecule has 0 bridgehead atoms. The third kappa shape index (κ3) is 3.90. The van der Waals surface area contributed by atoms with Gasteiger partial charge in [0.25, 0.3) is 5.91 Å². The molecule has 6 nitrogen and oxygen atoms in total. The maximum absolute atomic E-state index is 11.8. The van der Waals surface area contributed by atoms with E-state index < -0.39 is 10.8 Å². The van der Waals surface area contributed by atoms with E-state index in [9.17, 15) is 9.00 Å². The van der Waals surface area contributed by atoms with Crippen molar-refractivity contribution in [3.8, 4) is 0 Å². The number of nitrogens with zero attached hydrogens (tertiary/aromatic N) is 2. The van der Waals surface area contributed by atoms with E-state index in [1.165, 1.54) is 0 Å². The molecule has 0 spiro atoms. The zero-order chi connectivity index (χ0) is 13.9. The number of amides is 1. The lowest BCUT2D eigenvalue weighted by Gasteiger charge is -2.12. The fraction of sp³-hybridized carbons (Fsp3) is 0.727. The summed E-state index contributed by atoms with van der Waals surface area (Å²) in [5, 5.41) is 9.22. The molecule has 1 rings (SSSR count). The number of carbonyl (C=O) groups is 1. The summed E-state index contributed by atoms with van der Waals surface area (Å²) in [5.74, 6) is 0.438. The van der Waals surface area contributed by atoms with Gasteiger partial charge in [-0.15, -0.1) is 5.10 Å². The maximum Gasteiger partial charge on any atom is 0.290 e. The standard InChI is InChI=1S/C11H20N4O2S/c1-7(18(5)17)6-12-9(16)8-13-10(15-14-8)11(2,3)4/h7H,6H2,1-5H3,(H,12,16)(H,13,14,15). The minimum absolute atomic E-state index is 0.0880.